The van der Waals surface area contributed by atoms with Crippen molar-refractivity contribution < 1.29 is 8.78 Å². The normalized spacial score (nSPS) is 11.4. The van der Waals surface area contributed by atoms with Gasteiger partial charge in [-0.05, 0) is 6.07 Å². The number of hydrogen-bond acceptors (Lipinski definition) is 2. The number of hydrogen-bond donors (Lipinski definition) is 1. The number of nitrogens with two attached hydrogens (primary N) is 1. The van der Waals surface area contributed by atoms with E-state index in [2.05, 4.69) is 0 Å². The molecule has 2 N–H and O–H groups in total. The average molecular weight is 250 g/mol. The molecule has 3 nitrogen and oxygen atoms in total. The van der Waals surface area contributed by atoms with Crippen LogP contribution in [0.2, 0.25) is 0 Å². The molecule has 0 saturated carbocycles. The molecule has 1 aromatic carbocycles. The summed E-state index contributed by atoms with van der Waals surface area (Å²) < 4.78 is 28.8. The van der Waals surface area contributed by atoms with E-state index in [1.807, 2.05) is 0 Å². The summed E-state index contributed by atoms with van der Waals surface area (Å²) in [4.78, 5) is 11.5. The lowest BCUT2D eigenvalue weighted by molar-refractivity contribution is -0.0230. The lowest BCUT2D eigenvalue weighted by Crippen LogP contribution is -2.29. The van der Waals surface area contributed by atoms with E-state index in [4.69, 9.17) is 5.73 Å². The van der Waals surface area contributed by atoms with Gasteiger partial charge in [0.2, 0.25) is 0 Å². The number of alkyl halides is 2. The number of nitrogen functional groups attached to an aromatic ring is 1. The topological polar surface area (TPSA) is 48.0 Å². The summed E-state index contributed by atoms with van der Waals surface area (Å²) >= 11 is 0. The monoisotopic (exact) mass is 250 g/mol. The van der Waals surface area contributed by atoms with E-state index in [0.29, 0.717) is 0 Å². The molecule has 0 aliphatic rings. The third-order valence-electron chi connectivity index (χ3n) is 2.57. The summed E-state index contributed by atoms with van der Waals surface area (Å²) in [6, 6.07) is 9.95. The molecule has 2 aromatic rings. The first-order chi connectivity index (χ1) is 8.49. The fraction of sp³-hybridized carbons (Fsp3) is 0.154. The van der Waals surface area contributed by atoms with Gasteiger partial charge < -0.3 is 10.3 Å². The van der Waals surface area contributed by atoms with Gasteiger partial charge in [-0.3, -0.25) is 4.79 Å². The molecule has 2 rings (SSSR count). The van der Waals surface area contributed by atoms with E-state index < -0.39 is 18.0 Å². The van der Waals surface area contributed by atoms with Crippen molar-refractivity contribution in [3.63, 3.8) is 0 Å². The molecule has 0 bridgehead atoms. The molecule has 0 fully saturated rings. The van der Waals surface area contributed by atoms with Crippen LogP contribution in [0, 0.1) is 0 Å². The Labute approximate surface area is 102 Å². The van der Waals surface area contributed by atoms with Crippen LogP contribution >= 0.6 is 0 Å². The highest BCUT2D eigenvalue weighted by molar-refractivity contribution is 5.33. The minimum atomic E-state index is -3.11. The first-order valence-electron chi connectivity index (χ1n) is 5.38. The van der Waals surface area contributed by atoms with Gasteiger partial charge in [0.05, 0.1) is 6.54 Å². The van der Waals surface area contributed by atoms with Gasteiger partial charge in [0.1, 0.15) is 0 Å². The quantitative estimate of drug-likeness (QED) is 0.908. The predicted octanol–water partition coefficient (Wildman–Crippen LogP) is 2.22. The van der Waals surface area contributed by atoms with E-state index in [0.717, 1.165) is 4.57 Å². The number of halogens is 2. The Morgan fingerprint density at radius 2 is 1.78 bits per heavy atom. The van der Waals surface area contributed by atoms with Gasteiger partial charge in [-0.2, -0.15) is 8.78 Å². The first kappa shape index (κ1) is 12.3. The van der Waals surface area contributed by atoms with Crippen LogP contribution in [0.15, 0.2) is 53.5 Å². The molecule has 1 aromatic heterocycles. The third kappa shape index (κ3) is 2.56. The van der Waals surface area contributed by atoms with Gasteiger partial charge in [-0.1, -0.05) is 30.3 Å². The van der Waals surface area contributed by atoms with E-state index in [-0.39, 0.29) is 11.3 Å². The van der Waals surface area contributed by atoms with Gasteiger partial charge in [-0.15, -0.1) is 0 Å². The molecule has 94 valence electrons. The average Bonchev–Trinajstić information content (AvgIpc) is 2.35. The van der Waals surface area contributed by atoms with Crippen molar-refractivity contribution in [3.8, 4) is 0 Å². The fourth-order valence-corrected chi connectivity index (χ4v) is 1.66. The molecule has 0 atom stereocenters. The van der Waals surface area contributed by atoms with Crippen LogP contribution < -0.4 is 11.3 Å². The second-order valence-electron chi connectivity index (χ2n) is 4.00. The highest BCUT2D eigenvalue weighted by Gasteiger charge is 2.32. The maximum atomic E-state index is 14.0. The van der Waals surface area contributed by atoms with Crippen molar-refractivity contribution in [2.24, 2.45) is 0 Å². The highest BCUT2D eigenvalue weighted by Crippen LogP contribution is 2.29. The summed E-state index contributed by atoms with van der Waals surface area (Å²) in [5.74, 6) is -3.11. The smallest absolute Gasteiger partial charge is 0.290 e. The first-order valence-corrected chi connectivity index (χ1v) is 5.38. The van der Waals surface area contributed by atoms with Crippen LogP contribution in [-0.2, 0) is 12.5 Å². The zero-order valence-electron chi connectivity index (χ0n) is 9.51. The van der Waals surface area contributed by atoms with Gasteiger partial charge in [0.25, 0.3) is 11.5 Å². The Morgan fingerprint density at radius 1 is 1.11 bits per heavy atom. The molecule has 0 radical (unpaired) electrons. The largest absolute Gasteiger partial charge is 0.398 e. The second-order valence-corrected chi connectivity index (χ2v) is 4.00. The van der Waals surface area contributed by atoms with Gasteiger partial charge in [-0.25, -0.2) is 0 Å². The standard InChI is InChI=1S/C13H12F2N2O/c14-13(15,10-4-2-1-3-5-10)9-17-8-11(16)6-7-12(17)18/h1-8H,9,16H2. The molecule has 0 amide bonds. The van der Waals surface area contributed by atoms with Crippen molar-refractivity contribution in [3.05, 3.63) is 64.6 Å². The lowest BCUT2D eigenvalue weighted by atomic mass is 10.1. The predicted molar refractivity (Wildman–Crippen MR) is 65.5 cm³/mol. The van der Waals surface area contributed by atoms with E-state index in [9.17, 15) is 13.6 Å². The van der Waals surface area contributed by atoms with Crippen LogP contribution in [0.25, 0.3) is 0 Å². The Hall–Kier alpha value is -2.17. The minimum absolute atomic E-state index is 0.126. The number of benzene rings is 1. The van der Waals surface area contributed by atoms with Gasteiger partial charge in [0, 0.05) is 23.5 Å². The van der Waals surface area contributed by atoms with Crippen LogP contribution in [0.5, 0.6) is 0 Å². The molecule has 0 aliphatic carbocycles. The van der Waals surface area contributed by atoms with E-state index in [1.165, 1.54) is 42.6 Å². The molecule has 0 spiro atoms. The van der Waals surface area contributed by atoms with Crippen molar-refractivity contribution >= 4 is 5.69 Å². The van der Waals surface area contributed by atoms with Crippen LogP contribution in [0.3, 0.4) is 0 Å². The molecule has 5 heteroatoms. The molecule has 0 saturated heterocycles. The number of anilines is 1. The summed E-state index contributed by atoms with van der Waals surface area (Å²) in [6.45, 7) is -0.721. The minimum Gasteiger partial charge on any atom is -0.398 e. The lowest BCUT2D eigenvalue weighted by Gasteiger charge is -2.18. The van der Waals surface area contributed by atoms with Crippen molar-refractivity contribution in [2.75, 3.05) is 5.73 Å². The van der Waals surface area contributed by atoms with Crippen LogP contribution in [0.4, 0.5) is 14.5 Å². The number of rotatable bonds is 3. The zero-order valence-corrected chi connectivity index (χ0v) is 9.51. The Balaban J connectivity index is 2.33. The van der Waals surface area contributed by atoms with Crippen LogP contribution in [-0.4, -0.2) is 4.57 Å². The molecule has 0 unspecified atom stereocenters. The number of aromatic nitrogens is 1. The van der Waals surface area contributed by atoms with E-state index in [1.54, 1.807) is 6.07 Å². The molecular weight excluding hydrogens is 238 g/mol. The van der Waals surface area contributed by atoms with Crippen molar-refractivity contribution in [2.45, 2.75) is 12.5 Å². The Bertz CT molecular complexity index is 593. The summed E-state index contributed by atoms with van der Waals surface area (Å²) in [6.07, 6.45) is 1.22. The number of pyridine rings is 1. The zero-order chi connectivity index (χ0) is 13.2. The fourth-order valence-electron chi connectivity index (χ4n) is 1.66. The summed E-state index contributed by atoms with van der Waals surface area (Å²) in [5, 5.41) is 0. The van der Waals surface area contributed by atoms with Gasteiger partial charge >= 0.3 is 0 Å². The van der Waals surface area contributed by atoms with Crippen molar-refractivity contribution in [1.82, 2.24) is 4.57 Å². The molecule has 1 heterocycles. The SMILES string of the molecule is Nc1ccc(=O)n(CC(F)(F)c2ccccc2)c1. The Kier molecular flexibility index (Phi) is 3.14. The van der Waals surface area contributed by atoms with Crippen molar-refractivity contribution in [1.29, 1.82) is 0 Å². The van der Waals surface area contributed by atoms with Crippen LogP contribution in [0.1, 0.15) is 5.56 Å². The van der Waals surface area contributed by atoms with Gasteiger partial charge in [0.15, 0.2) is 0 Å². The number of nitrogens with zero attached hydrogens (tertiary/aromatic N) is 1. The second kappa shape index (κ2) is 4.60. The molecule has 0 aliphatic heterocycles. The summed E-state index contributed by atoms with van der Waals surface area (Å²) in [5.41, 5.74) is 5.13. The molecule has 18 heavy (non-hydrogen) atoms. The van der Waals surface area contributed by atoms with E-state index >= 15 is 0 Å². The summed E-state index contributed by atoms with van der Waals surface area (Å²) in [7, 11) is 0. The maximum absolute atomic E-state index is 14.0. The third-order valence-corrected chi connectivity index (χ3v) is 2.57. The Morgan fingerprint density at radius 3 is 2.44 bits per heavy atom. The highest BCUT2D eigenvalue weighted by atomic mass is 19.3. The maximum Gasteiger partial charge on any atom is 0.290 e. The molecular formula is C13H12F2N2O.